The highest BCUT2D eigenvalue weighted by Crippen LogP contribution is 2.16. The van der Waals surface area contributed by atoms with Gasteiger partial charge in [0.05, 0.1) is 11.6 Å². The van der Waals surface area contributed by atoms with Gasteiger partial charge in [0.15, 0.2) is 0 Å². The van der Waals surface area contributed by atoms with Crippen molar-refractivity contribution in [1.29, 1.82) is 0 Å². The highest BCUT2D eigenvalue weighted by atomic mass is 32.2. The third-order valence-corrected chi connectivity index (χ3v) is 2.41. The fourth-order valence-corrected chi connectivity index (χ4v) is 1.66. The van der Waals surface area contributed by atoms with Gasteiger partial charge in [0, 0.05) is 19.9 Å². The molecule has 0 spiro atoms. The lowest BCUT2D eigenvalue weighted by Crippen LogP contribution is -1.95. The molecule has 1 aromatic rings. The predicted octanol–water partition coefficient (Wildman–Crippen LogP) is 1.86. The second kappa shape index (κ2) is 5.83. The Balaban J connectivity index is 2.46. The average molecular weight is 198 g/mol. The van der Waals surface area contributed by atoms with Gasteiger partial charge in [-0.25, -0.2) is 4.98 Å². The topological polar surface area (TPSA) is 34.1 Å². The summed E-state index contributed by atoms with van der Waals surface area (Å²) in [6, 6.07) is 5.94. The minimum absolute atomic E-state index is 0.760. The number of hydrogen-bond donors (Lipinski definition) is 1. The Bertz CT molecular complexity index is 255. The normalized spacial score (nSPS) is 10.0. The van der Waals surface area contributed by atoms with Crippen molar-refractivity contribution in [1.82, 2.24) is 4.98 Å². The molecule has 0 aliphatic carbocycles. The summed E-state index contributed by atoms with van der Waals surface area (Å²) in [5, 5.41) is 4.03. The molecule has 0 saturated carbocycles. The number of thioether (sulfide) groups is 1. The van der Waals surface area contributed by atoms with E-state index in [4.69, 9.17) is 4.74 Å². The maximum Gasteiger partial charge on any atom is 0.126 e. The molecule has 13 heavy (non-hydrogen) atoms. The van der Waals surface area contributed by atoms with Crippen molar-refractivity contribution in [2.45, 2.75) is 5.03 Å². The predicted molar refractivity (Wildman–Crippen MR) is 56.4 cm³/mol. The lowest BCUT2D eigenvalue weighted by molar-refractivity contribution is 0.218. The fraction of sp³-hybridized carbons (Fsp3) is 0.444. The highest BCUT2D eigenvalue weighted by molar-refractivity contribution is 7.99. The van der Waals surface area contributed by atoms with Gasteiger partial charge in [-0.05, 0) is 12.1 Å². The first-order valence-corrected chi connectivity index (χ1v) is 5.12. The Morgan fingerprint density at radius 3 is 3.08 bits per heavy atom. The highest BCUT2D eigenvalue weighted by Gasteiger charge is 1.96. The summed E-state index contributed by atoms with van der Waals surface area (Å²) in [7, 11) is 3.57. The molecule has 3 nitrogen and oxygen atoms in total. The minimum atomic E-state index is 0.760. The van der Waals surface area contributed by atoms with E-state index in [1.807, 2.05) is 25.2 Å². The molecule has 0 aliphatic heterocycles. The molecule has 1 rings (SSSR count). The van der Waals surface area contributed by atoms with Gasteiger partial charge in [-0.15, -0.1) is 11.8 Å². The van der Waals surface area contributed by atoms with E-state index in [0.29, 0.717) is 0 Å². The van der Waals surface area contributed by atoms with Gasteiger partial charge >= 0.3 is 0 Å². The quantitative estimate of drug-likeness (QED) is 0.578. The molecule has 0 atom stereocenters. The van der Waals surface area contributed by atoms with Crippen molar-refractivity contribution in [2.24, 2.45) is 0 Å². The van der Waals surface area contributed by atoms with Crippen LogP contribution in [0.3, 0.4) is 0 Å². The van der Waals surface area contributed by atoms with E-state index in [9.17, 15) is 0 Å². The number of hydrogen-bond acceptors (Lipinski definition) is 4. The summed E-state index contributed by atoms with van der Waals surface area (Å²) in [6.45, 7) is 0.760. The summed E-state index contributed by atoms with van der Waals surface area (Å²) in [6.07, 6.45) is 0. The summed E-state index contributed by atoms with van der Waals surface area (Å²) in [5.74, 6) is 1.85. The molecule has 0 amide bonds. The largest absolute Gasteiger partial charge is 0.384 e. The first-order chi connectivity index (χ1) is 6.36. The lowest BCUT2D eigenvalue weighted by Gasteiger charge is -2.02. The maximum atomic E-state index is 4.96. The first kappa shape index (κ1) is 10.3. The molecule has 0 bridgehead atoms. The SMILES string of the molecule is CNc1cccc(SCCOC)n1. The first-order valence-electron chi connectivity index (χ1n) is 4.13. The van der Waals surface area contributed by atoms with Crippen LogP contribution in [0.2, 0.25) is 0 Å². The number of pyridine rings is 1. The Morgan fingerprint density at radius 1 is 1.54 bits per heavy atom. The molecule has 0 aromatic carbocycles. The average Bonchev–Trinajstić information content (AvgIpc) is 2.19. The van der Waals surface area contributed by atoms with E-state index in [1.165, 1.54) is 0 Å². The monoisotopic (exact) mass is 198 g/mol. The molecule has 0 radical (unpaired) electrons. The summed E-state index contributed by atoms with van der Waals surface area (Å²) in [5.41, 5.74) is 0. The smallest absolute Gasteiger partial charge is 0.126 e. The second-order valence-electron chi connectivity index (χ2n) is 2.45. The Kier molecular flexibility index (Phi) is 4.64. The van der Waals surface area contributed by atoms with E-state index < -0.39 is 0 Å². The maximum absolute atomic E-state index is 4.96. The molecule has 0 unspecified atom stereocenters. The molecular weight excluding hydrogens is 184 g/mol. The Hall–Kier alpha value is -0.740. The van der Waals surface area contributed by atoms with Crippen LogP contribution in [0.4, 0.5) is 5.82 Å². The van der Waals surface area contributed by atoms with Crippen LogP contribution in [0, 0.1) is 0 Å². The van der Waals surface area contributed by atoms with Crippen molar-refractivity contribution in [3.63, 3.8) is 0 Å². The van der Waals surface area contributed by atoms with Crippen molar-refractivity contribution in [2.75, 3.05) is 31.8 Å². The van der Waals surface area contributed by atoms with Crippen LogP contribution in [0.1, 0.15) is 0 Å². The second-order valence-corrected chi connectivity index (χ2v) is 3.57. The zero-order valence-corrected chi connectivity index (χ0v) is 8.73. The van der Waals surface area contributed by atoms with E-state index >= 15 is 0 Å². The minimum Gasteiger partial charge on any atom is -0.384 e. The molecule has 1 aromatic heterocycles. The number of nitrogens with zero attached hydrogens (tertiary/aromatic N) is 1. The third kappa shape index (κ3) is 3.65. The van der Waals surface area contributed by atoms with E-state index in [-0.39, 0.29) is 0 Å². The van der Waals surface area contributed by atoms with Crippen LogP contribution < -0.4 is 5.32 Å². The van der Waals surface area contributed by atoms with Crippen molar-refractivity contribution < 1.29 is 4.74 Å². The molecule has 0 fully saturated rings. The molecular formula is C9H14N2OS. The van der Waals surface area contributed by atoms with Crippen molar-refractivity contribution in [3.8, 4) is 0 Å². The van der Waals surface area contributed by atoms with Crippen LogP contribution in [0.15, 0.2) is 23.2 Å². The Labute approximate surface area is 82.9 Å². The number of ether oxygens (including phenoxy) is 1. The van der Waals surface area contributed by atoms with Crippen molar-refractivity contribution in [3.05, 3.63) is 18.2 Å². The molecule has 0 saturated heterocycles. The molecule has 1 heterocycles. The van der Waals surface area contributed by atoms with Gasteiger partial charge in [0.1, 0.15) is 5.82 Å². The summed E-state index contributed by atoms with van der Waals surface area (Å²) < 4.78 is 4.96. The fourth-order valence-electron chi connectivity index (χ4n) is 0.864. The summed E-state index contributed by atoms with van der Waals surface area (Å²) >= 11 is 1.70. The number of anilines is 1. The Morgan fingerprint density at radius 2 is 2.38 bits per heavy atom. The molecule has 0 aliphatic rings. The lowest BCUT2D eigenvalue weighted by atomic mass is 10.5. The van der Waals surface area contributed by atoms with Gasteiger partial charge in [0.25, 0.3) is 0 Å². The third-order valence-electron chi connectivity index (χ3n) is 1.52. The van der Waals surface area contributed by atoms with Crippen LogP contribution in [0.5, 0.6) is 0 Å². The van der Waals surface area contributed by atoms with E-state index in [2.05, 4.69) is 10.3 Å². The number of nitrogens with one attached hydrogen (secondary N) is 1. The number of aromatic nitrogens is 1. The van der Waals surface area contributed by atoms with Crippen LogP contribution in [-0.4, -0.2) is 31.5 Å². The van der Waals surface area contributed by atoms with E-state index in [1.54, 1.807) is 18.9 Å². The van der Waals surface area contributed by atoms with Gasteiger partial charge in [-0.2, -0.15) is 0 Å². The summed E-state index contributed by atoms with van der Waals surface area (Å²) in [4.78, 5) is 4.36. The van der Waals surface area contributed by atoms with Crippen LogP contribution >= 0.6 is 11.8 Å². The van der Waals surface area contributed by atoms with Gasteiger partial charge in [-0.3, -0.25) is 0 Å². The van der Waals surface area contributed by atoms with Crippen LogP contribution in [0.25, 0.3) is 0 Å². The number of rotatable bonds is 5. The van der Waals surface area contributed by atoms with Gasteiger partial charge in [0.2, 0.25) is 0 Å². The van der Waals surface area contributed by atoms with Crippen molar-refractivity contribution >= 4 is 17.6 Å². The van der Waals surface area contributed by atoms with E-state index in [0.717, 1.165) is 23.2 Å². The van der Waals surface area contributed by atoms with Gasteiger partial charge < -0.3 is 10.1 Å². The number of methoxy groups -OCH3 is 1. The van der Waals surface area contributed by atoms with Gasteiger partial charge in [-0.1, -0.05) is 6.07 Å². The van der Waals surface area contributed by atoms with Crippen LogP contribution in [-0.2, 0) is 4.74 Å². The molecule has 72 valence electrons. The molecule has 4 heteroatoms. The zero-order chi connectivity index (χ0) is 9.52. The standard InChI is InChI=1S/C9H14N2OS/c1-10-8-4-3-5-9(11-8)13-7-6-12-2/h3-5H,6-7H2,1-2H3,(H,10,11). The zero-order valence-electron chi connectivity index (χ0n) is 7.91. The molecule has 1 N–H and O–H groups in total.